The molecule has 0 radical (unpaired) electrons. The van der Waals surface area contributed by atoms with Crippen LogP contribution in [0.25, 0.3) is 10.9 Å². The molecule has 0 spiro atoms. The number of nitrogens with one attached hydrogen (secondary N) is 1. The molecular weight excluding hydrogens is 363 g/mol. The SMILES string of the molecule is Fc1ccc2[nH]cc(CC3CCN(CCOc4ccc5c(c4)CCC5)CC3)c2c1. The zero-order valence-electron chi connectivity index (χ0n) is 16.9. The van der Waals surface area contributed by atoms with Crippen molar-refractivity contribution in [1.29, 1.82) is 0 Å². The Kier molecular flexibility index (Phi) is 5.28. The third kappa shape index (κ3) is 4.18. The minimum Gasteiger partial charge on any atom is -0.492 e. The predicted molar refractivity (Wildman–Crippen MR) is 115 cm³/mol. The summed E-state index contributed by atoms with van der Waals surface area (Å²) in [6, 6.07) is 11.6. The van der Waals surface area contributed by atoms with Crippen molar-refractivity contribution in [3.8, 4) is 5.75 Å². The van der Waals surface area contributed by atoms with Gasteiger partial charge in [0.1, 0.15) is 18.2 Å². The molecule has 0 atom stereocenters. The fraction of sp³-hybridized carbons (Fsp3) is 0.440. The molecule has 1 aliphatic heterocycles. The topological polar surface area (TPSA) is 28.3 Å². The second-order valence-corrected chi connectivity index (χ2v) is 8.63. The maximum Gasteiger partial charge on any atom is 0.123 e. The van der Waals surface area contributed by atoms with Gasteiger partial charge in [0.2, 0.25) is 0 Å². The van der Waals surface area contributed by atoms with Gasteiger partial charge in [0.05, 0.1) is 0 Å². The maximum absolute atomic E-state index is 13.6. The van der Waals surface area contributed by atoms with E-state index in [1.165, 1.54) is 54.9 Å². The number of benzene rings is 2. The van der Waals surface area contributed by atoms with Crippen LogP contribution >= 0.6 is 0 Å². The Morgan fingerprint density at radius 3 is 2.79 bits per heavy atom. The first-order valence-electron chi connectivity index (χ1n) is 11.0. The standard InChI is InChI=1S/C25H29FN2O/c26-22-5-7-25-24(16-22)21(17-27-25)14-18-8-10-28(11-9-18)12-13-29-23-6-4-19-2-1-3-20(19)15-23/h4-7,15-18,27H,1-3,8-14H2. The number of halogens is 1. The Balaban J connectivity index is 1.09. The number of likely N-dealkylation sites (tertiary alicyclic amines) is 1. The molecule has 0 bridgehead atoms. The largest absolute Gasteiger partial charge is 0.492 e. The van der Waals surface area contributed by atoms with Crippen LogP contribution in [0.5, 0.6) is 5.75 Å². The molecule has 0 saturated carbocycles. The number of rotatable bonds is 6. The number of ether oxygens (including phenoxy) is 1. The first-order valence-corrected chi connectivity index (χ1v) is 11.0. The van der Waals surface area contributed by atoms with Crippen LogP contribution in [-0.4, -0.2) is 36.1 Å². The second kappa shape index (κ2) is 8.19. The summed E-state index contributed by atoms with van der Waals surface area (Å²) in [5.41, 5.74) is 5.25. The molecule has 1 saturated heterocycles. The molecule has 5 rings (SSSR count). The van der Waals surface area contributed by atoms with Crippen LogP contribution < -0.4 is 4.74 Å². The molecule has 1 N–H and O–H groups in total. The van der Waals surface area contributed by atoms with Crippen LogP contribution in [0.1, 0.15) is 36.0 Å². The van der Waals surface area contributed by atoms with Gasteiger partial charge >= 0.3 is 0 Å². The first kappa shape index (κ1) is 18.7. The lowest BCUT2D eigenvalue weighted by Crippen LogP contribution is -2.37. The van der Waals surface area contributed by atoms with Crippen molar-refractivity contribution < 1.29 is 9.13 Å². The molecule has 2 aromatic carbocycles. The maximum atomic E-state index is 13.6. The third-order valence-electron chi connectivity index (χ3n) is 6.69. The molecular formula is C25H29FN2O. The number of aromatic amines is 1. The Morgan fingerprint density at radius 2 is 1.90 bits per heavy atom. The molecule has 0 amide bonds. The lowest BCUT2D eigenvalue weighted by molar-refractivity contribution is 0.155. The van der Waals surface area contributed by atoms with Gasteiger partial charge in [-0.2, -0.15) is 0 Å². The number of hydrogen-bond donors (Lipinski definition) is 1. The minimum absolute atomic E-state index is 0.156. The van der Waals surface area contributed by atoms with E-state index in [1.807, 2.05) is 6.07 Å². The molecule has 4 heteroatoms. The number of piperidine rings is 1. The Hall–Kier alpha value is -2.33. The van der Waals surface area contributed by atoms with E-state index >= 15 is 0 Å². The van der Waals surface area contributed by atoms with Crippen molar-refractivity contribution in [3.05, 3.63) is 65.1 Å². The van der Waals surface area contributed by atoms with Gasteiger partial charge in [0.15, 0.2) is 0 Å². The van der Waals surface area contributed by atoms with Crippen LogP contribution in [0, 0.1) is 11.7 Å². The van der Waals surface area contributed by atoms with Crippen molar-refractivity contribution >= 4 is 10.9 Å². The van der Waals surface area contributed by atoms with E-state index in [-0.39, 0.29) is 5.82 Å². The molecule has 1 fully saturated rings. The summed E-state index contributed by atoms with van der Waals surface area (Å²) in [5, 5.41) is 1.04. The number of fused-ring (bicyclic) bond motifs is 2. The van der Waals surface area contributed by atoms with Gasteiger partial charge in [-0.15, -0.1) is 0 Å². The van der Waals surface area contributed by atoms with Gasteiger partial charge < -0.3 is 9.72 Å². The van der Waals surface area contributed by atoms with Crippen LogP contribution in [0.4, 0.5) is 4.39 Å². The van der Waals surface area contributed by atoms with Crippen molar-refractivity contribution in [2.24, 2.45) is 5.92 Å². The number of aryl methyl sites for hydroxylation is 2. The van der Waals surface area contributed by atoms with Crippen molar-refractivity contribution in [1.82, 2.24) is 9.88 Å². The van der Waals surface area contributed by atoms with E-state index in [2.05, 4.69) is 34.3 Å². The number of hydrogen-bond acceptors (Lipinski definition) is 2. The lowest BCUT2D eigenvalue weighted by atomic mass is 9.90. The summed E-state index contributed by atoms with van der Waals surface area (Å²) >= 11 is 0. The second-order valence-electron chi connectivity index (χ2n) is 8.63. The number of H-pyrrole nitrogens is 1. The molecule has 3 nitrogen and oxygen atoms in total. The molecule has 2 aliphatic rings. The smallest absolute Gasteiger partial charge is 0.123 e. The Labute approximate surface area is 171 Å². The monoisotopic (exact) mass is 392 g/mol. The average molecular weight is 393 g/mol. The fourth-order valence-corrected chi connectivity index (χ4v) is 4.98. The van der Waals surface area contributed by atoms with E-state index in [1.54, 1.807) is 6.07 Å². The van der Waals surface area contributed by atoms with Crippen LogP contribution in [-0.2, 0) is 19.3 Å². The van der Waals surface area contributed by atoms with Crippen LogP contribution in [0.15, 0.2) is 42.6 Å². The molecule has 152 valence electrons. The minimum atomic E-state index is -0.156. The summed E-state index contributed by atoms with van der Waals surface area (Å²) in [6.45, 7) is 3.98. The normalized spacial score (nSPS) is 17.7. The first-order chi connectivity index (χ1) is 14.2. The lowest BCUT2D eigenvalue weighted by Gasteiger charge is -2.31. The Bertz CT molecular complexity index is 988. The molecule has 3 aromatic rings. The highest BCUT2D eigenvalue weighted by molar-refractivity contribution is 5.83. The van der Waals surface area contributed by atoms with Gasteiger partial charge in [-0.1, -0.05) is 6.07 Å². The van der Waals surface area contributed by atoms with Gasteiger partial charge in [-0.25, -0.2) is 4.39 Å². The molecule has 29 heavy (non-hydrogen) atoms. The van der Waals surface area contributed by atoms with Crippen LogP contribution in [0.2, 0.25) is 0 Å². The van der Waals surface area contributed by atoms with Gasteiger partial charge in [0.25, 0.3) is 0 Å². The number of aromatic nitrogens is 1. The zero-order chi connectivity index (χ0) is 19.6. The summed E-state index contributed by atoms with van der Waals surface area (Å²) in [7, 11) is 0. The van der Waals surface area contributed by atoms with E-state index in [0.717, 1.165) is 49.3 Å². The number of nitrogens with zero attached hydrogens (tertiary/aromatic N) is 1. The quantitative estimate of drug-likeness (QED) is 0.630. The fourth-order valence-electron chi connectivity index (χ4n) is 4.98. The van der Waals surface area contributed by atoms with E-state index < -0.39 is 0 Å². The summed E-state index contributed by atoms with van der Waals surface area (Å²) in [5.74, 6) is 1.54. The van der Waals surface area contributed by atoms with Gasteiger partial charge in [-0.3, -0.25) is 4.90 Å². The highest BCUT2D eigenvalue weighted by Gasteiger charge is 2.20. The summed E-state index contributed by atoms with van der Waals surface area (Å²) in [6.07, 6.45) is 9.17. The average Bonchev–Trinajstić information content (AvgIpc) is 3.36. The molecule has 1 aliphatic carbocycles. The van der Waals surface area contributed by atoms with E-state index in [0.29, 0.717) is 5.92 Å². The molecule has 1 aromatic heterocycles. The summed E-state index contributed by atoms with van der Waals surface area (Å²) < 4.78 is 19.6. The third-order valence-corrected chi connectivity index (χ3v) is 6.69. The van der Waals surface area contributed by atoms with Crippen molar-refractivity contribution in [3.63, 3.8) is 0 Å². The highest BCUT2D eigenvalue weighted by atomic mass is 19.1. The highest BCUT2D eigenvalue weighted by Crippen LogP contribution is 2.28. The summed E-state index contributed by atoms with van der Waals surface area (Å²) in [4.78, 5) is 5.79. The Morgan fingerprint density at radius 1 is 1.03 bits per heavy atom. The van der Waals surface area contributed by atoms with Crippen molar-refractivity contribution in [2.75, 3.05) is 26.2 Å². The molecule has 0 unspecified atom stereocenters. The zero-order valence-corrected chi connectivity index (χ0v) is 16.9. The predicted octanol–water partition coefficient (Wildman–Crippen LogP) is 5.13. The van der Waals surface area contributed by atoms with Crippen LogP contribution in [0.3, 0.4) is 0 Å². The van der Waals surface area contributed by atoms with Crippen molar-refractivity contribution in [2.45, 2.75) is 38.5 Å². The van der Waals surface area contributed by atoms with Gasteiger partial charge in [-0.05, 0) is 105 Å². The molecule has 2 heterocycles. The van der Waals surface area contributed by atoms with Gasteiger partial charge in [0, 0.05) is 23.6 Å². The van der Waals surface area contributed by atoms with E-state index in [4.69, 9.17) is 4.74 Å². The van der Waals surface area contributed by atoms with E-state index in [9.17, 15) is 4.39 Å².